The van der Waals surface area contributed by atoms with Crippen molar-refractivity contribution in [3.05, 3.63) is 102 Å². The molecule has 3 N–H and O–H groups in total. The number of amides is 3. The monoisotopic (exact) mass is 525 g/mol. The number of H-pyrrole nitrogens is 1. The molecule has 1 fully saturated rings. The first kappa shape index (κ1) is 26.1. The summed E-state index contributed by atoms with van der Waals surface area (Å²) in [5, 5.41) is 21.0. The van der Waals surface area contributed by atoms with E-state index in [1.807, 2.05) is 78.9 Å². The lowest BCUT2D eigenvalue weighted by Crippen LogP contribution is -2.54. The molecule has 1 saturated heterocycles. The van der Waals surface area contributed by atoms with E-state index in [9.17, 15) is 19.5 Å². The number of nitrogens with one attached hydrogen (secondary N) is 2. The smallest absolute Gasteiger partial charge is 0.275 e. The molecule has 0 radical (unpaired) electrons. The zero-order valence-electron chi connectivity index (χ0n) is 21.7. The number of likely N-dealkylation sites (tertiary alicyclic amines) is 1. The van der Waals surface area contributed by atoms with E-state index in [0.717, 1.165) is 11.1 Å². The number of aliphatic hydroxyl groups excluding tert-OH is 1. The number of carbonyl (C=O) groups excluding carboxylic acids is 3. The number of aromatic nitrogens is 2. The largest absolute Gasteiger partial charge is 0.391 e. The number of rotatable bonds is 8. The molecule has 3 atom stereocenters. The summed E-state index contributed by atoms with van der Waals surface area (Å²) >= 11 is 0. The number of nitrogens with zero attached hydrogens (tertiary/aromatic N) is 3. The molecule has 200 valence electrons. The number of para-hydroxylation sites is 1. The molecule has 39 heavy (non-hydrogen) atoms. The molecule has 0 bridgehead atoms. The molecule has 0 spiro atoms. The fourth-order valence-electron chi connectivity index (χ4n) is 5.07. The van der Waals surface area contributed by atoms with Crippen LogP contribution >= 0.6 is 0 Å². The highest BCUT2D eigenvalue weighted by atomic mass is 16.3. The van der Waals surface area contributed by atoms with Crippen LogP contribution in [-0.4, -0.2) is 74.6 Å². The second-order valence-corrected chi connectivity index (χ2v) is 9.91. The van der Waals surface area contributed by atoms with E-state index in [1.165, 1.54) is 4.90 Å². The Balaban J connectivity index is 1.36. The van der Waals surface area contributed by atoms with Gasteiger partial charge in [0.05, 0.1) is 11.6 Å². The summed E-state index contributed by atoms with van der Waals surface area (Å²) in [6, 6.07) is 24.5. The fourth-order valence-corrected chi connectivity index (χ4v) is 5.07. The van der Waals surface area contributed by atoms with Crippen LogP contribution in [0, 0.1) is 0 Å². The molecule has 1 unspecified atom stereocenters. The zero-order chi connectivity index (χ0) is 27.4. The van der Waals surface area contributed by atoms with E-state index >= 15 is 0 Å². The Morgan fingerprint density at radius 3 is 2.36 bits per heavy atom. The summed E-state index contributed by atoms with van der Waals surface area (Å²) in [6.07, 6.45) is -0.497. The third-order valence-corrected chi connectivity index (χ3v) is 7.05. The number of benzene rings is 3. The van der Waals surface area contributed by atoms with Gasteiger partial charge in [-0.2, -0.15) is 5.10 Å². The molecule has 0 aliphatic carbocycles. The summed E-state index contributed by atoms with van der Waals surface area (Å²) in [5.74, 6) is -1.18. The Bertz CT molecular complexity index is 1460. The lowest BCUT2D eigenvalue weighted by molar-refractivity contribution is -0.136. The minimum absolute atomic E-state index is 0.00329. The van der Waals surface area contributed by atoms with Crippen molar-refractivity contribution in [1.82, 2.24) is 25.3 Å². The quantitative estimate of drug-likeness (QED) is 0.327. The summed E-state index contributed by atoms with van der Waals surface area (Å²) in [5.41, 5.74) is 2.76. The second kappa shape index (κ2) is 11.5. The maximum atomic E-state index is 13.6. The predicted molar refractivity (Wildman–Crippen MR) is 147 cm³/mol. The van der Waals surface area contributed by atoms with E-state index < -0.39 is 30.0 Å². The van der Waals surface area contributed by atoms with Crippen LogP contribution < -0.4 is 5.32 Å². The first-order chi connectivity index (χ1) is 18.9. The predicted octanol–water partition coefficient (Wildman–Crippen LogP) is 2.52. The van der Waals surface area contributed by atoms with Crippen LogP contribution in [-0.2, 0) is 22.6 Å². The molecule has 4 aromatic rings. The van der Waals surface area contributed by atoms with Crippen molar-refractivity contribution in [2.24, 2.45) is 0 Å². The van der Waals surface area contributed by atoms with Gasteiger partial charge in [-0.25, -0.2) is 0 Å². The van der Waals surface area contributed by atoms with Crippen LogP contribution in [0.2, 0.25) is 0 Å². The van der Waals surface area contributed by atoms with Gasteiger partial charge in [0.25, 0.3) is 5.91 Å². The van der Waals surface area contributed by atoms with Crippen LogP contribution in [0.3, 0.4) is 0 Å². The molecule has 3 aromatic carbocycles. The first-order valence-electron chi connectivity index (χ1n) is 13.0. The van der Waals surface area contributed by atoms with Gasteiger partial charge in [-0.1, -0.05) is 78.9 Å². The van der Waals surface area contributed by atoms with Crippen LogP contribution in [0.4, 0.5) is 0 Å². The van der Waals surface area contributed by atoms with Gasteiger partial charge in [-0.15, -0.1) is 0 Å². The third-order valence-electron chi connectivity index (χ3n) is 7.05. The Hall–Kier alpha value is -4.50. The van der Waals surface area contributed by atoms with E-state index in [-0.39, 0.29) is 31.0 Å². The molecule has 1 aromatic heterocycles. The molecule has 0 saturated carbocycles. The summed E-state index contributed by atoms with van der Waals surface area (Å²) in [4.78, 5) is 43.6. The molecule has 3 amide bonds. The van der Waals surface area contributed by atoms with E-state index in [4.69, 9.17) is 0 Å². The highest BCUT2D eigenvalue weighted by Crippen LogP contribution is 2.24. The summed E-state index contributed by atoms with van der Waals surface area (Å²) in [7, 11) is 1.71. The minimum Gasteiger partial charge on any atom is -0.391 e. The number of hydrogen-bond donors (Lipinski definition) is 3. The average Bonchev–Trinajstić information content (AvgIpc) is 3.57. The molecule has 9 heteroatoms. The van der Waals surface area contributed by atoms with Gasteiger partial charge in [0.2, 0.25) is 11.8 Å². The number of fused-ring (bicyclic) bond motifs is 1. The third kappa shape index (κ3) is 5.83. The van der Waals surface area contributed by atoms with Crippen molar-refractivity contribution < 1.29 is 19.5 Å². The van der Waals surface area contributed by atoms with Crippen LogP contribution in [0.15, 0.2) is 84.9 Å². The van der Waals surface area contributed by atoms with Gasteiger partial charge in [0.1, 0.15) is 12.1 Å². The van der Waals surface area contributed by atoms with Gasteiger partial charge in [-0.05, 0) is 17.2 Å². The summed E-state index contributed by atoms with van der Waals surface area (Å²) in [6.45, 7) is 0.392. The molecule has 2 heterocycles. The Labute approximate surface area is 226 Å². The van der Waals surface area contributed by atoms with Gasteiger partial charge >= 0.3 is 0 Å². The first-order valence-corrected chi connectivity index (χ1v) is 13.0. The standard InChI is InChI=1S/C30H31N5O4/c1-34(18-21-12-6-3-7-13-21)29(38)25(16-20-10-4-2-5-11-20)31-28(37)26-17-22(36)19-35(26)30(39)27-23-14-8-9-15-24(23)32-33-27/h2-15,22,25-26,36H,16-19H2,1H3,(H,31,37)(H,32,33)/t22-,25?,26+/m1/s1. The summed E-state index contributed by atoms with van der Waals surface area (Å²) < 4.78 is 0. The van der Waals surface area contributed by atoms with Crippen molar-refractivity contribution in [3.63, 3.8) is 0 Å². The van der Waals surface area contributed by atoms with E-state index in [1.54, 1.807) is 18.0 Å². The number of aromatic amines is 1. The lowest BCUT2D eigenvalue weighted by Gasteiger charge is -2.28. The number of aliphatic hydroxyl groups is 1. The Morgan fingerprint density at radius 2 is 1.64 bits per heavy atom. The van der Waals surface area contributed by atoms with Crippen molar-refractivity contribution >= 4 is 28.6 Å². The number of β-amino-alcohol motifs (C(OH)–C–C–N with tert-alkyl or cyclic N) is 1. The topological polar surface area (TPSA) is 119 Å². The maximum Gasteiger partial charge on any atom is 0.275 e. The highest BCUT2D eigenvalue weighted by Gasteiger charge is 2.41. The van der Waals surface area contributed by atoms with Crippen LogP contribution in [0.1, 0.15) is 28.0 Å². The molecule has 5 rings (SSSR count). The highest BCUT2D eigenvalue weighted by molar-refractivity contribution is 6.06. The molecule has 1 aliphatic rings. The van der Waals surface area contributed by atoms with Crippen LogP contribution in [0.25, 0.3) is 10.9 Å². The zero-order valence-corrected chi connectivity index (χ0v) is 21.7. The minimum atomic E-state index is -0.937. The number of likely N-dealkylation sites (N-methyl/N-ethyl adjacent to an activating group) is 1. The molecule has 9 nitrogen and oxygen atoms in total. The molecule has 1 aliphatic heterocycles. The van der Waals surface area contributed by atoms with E-state index in [0.29, 0.717) is 17.4 Å². The average molecular weight is 526 g/mol. The molecular formula is C30H31N5O4. The van der Waals surface area contributed by atoms with Crippen LogP contribution in [0.5, 0.6) is 0 Å². The number of carbonyl (C=O) groups is 3. The van der Waals surface area contributed by atoms with Crippen molar-refractivity contribution in [3.8, 4) is 0 Å². The molecular weight excluding hydrogens is 494 g/mol. The second-order valence-electron chi connectivity index (χ2n) is 9.91. The normalized spacial score (nSPS) is 17.6. The maximum absolute atomic E-state index is 13.6. The Kier molecular flexibility index (Phi) is 7.69. The fraction of sp³-hybridized carbons (Fsp3) is 0.267. The van der Waals surface area contributed by atoms with Gasteiger partial charge in [0.15, 0.2) is 5.69 Å². The number of hydrogen-bond acceptors (Lipinski definition) is 5. The van der Waals surface area contributed by atoms with Crippen molar-refractivity contribution in [2.75, 3.05) is 13.6 Å². The SMILES string of the molecule is CN(Cc1ccccc1)C(=O)C(Cc1ccccc1)NC(=O)[C@@H]1C[C@@H](O)CN1C(=O)c1n[nH]c2ccccc12. The van der Waals surface area contributed by atoms with Crippen molar-refractivity contribution in [2.45, 2.75) is 37.6 Å². The lowest BCUT2D eigenvalue weighted by atomic mass is 10.0. The van der Waals surface area contributed by atoms with Gasteiger partial charge in [-0.3, -0.25) is 19.5 Å². The van der Waals surface area contributed by atoms with Gasteiger partial charge < -0.3 is 20.2 Å². The van der Waals surface area contributed by atoms with Gasteiger partial charge in [0, 0.05) is 38.4 Å². The van der Waals surface area contributed by atoms with Crippen molar-refractivity contribution in [1.29, 1.82) is 0 Å². The van der Waals surface area contributed by atoms with E-state index in [2.05, 4.69) is 15.5 Å². The Morgan fingerprint density at radius 1 is 1.00 bits per heavy atom.